The quantitative estimate of drug-likeness (QED) is 0.109. The smallest absolute Gasteiger partial charge is 0.343 e. The van der Waals surface area contributed by atoms with Crippen LogP contribution in [-0.4, -0.2) is 19.6 Å². The first-order valence-electron chi connectivity index (χ1n) is 12.9. The largest absolute Gasteiger partial charge is 4.00 e. The van der Waals surface area contributed by atoms with E-state index < -0.39 is 0 Å². The van der Waals surface area contributed by atoms with E-state index in [9.17, 15) is 0 Å². The summed E-state index contributed by atoms with van der Waals surface area (Å²) in [6.07, 6.45) is 24.6. The van der Waals surface area contributed by atoms with Gasteiger partial charge in [0.25, 0.3) is 0 Å². The number of nitrogens with two attached hydrogens (primary N) is 3. The summed E-state index contributed by atoms with van der Waals surface area (Å²) in [4.78, 5) is 0. The molecule has 0 saturated heterocycles. The second-order valence-corrected chi connectivity index (χ2v) is 7.81. The first kappa shape index (κ1) is 41.8. The van der Waals surface area contributed by atoms with Gasteiger partial charge in [-0.2, -0.15) is 33.1 Å². The van der Waals surface area contributed by atoms with Crippen LogP contribution in [0.15, 0.2) is 0 Å². The summed E-state index contributed by atoms with van der Waals surface area (Å²) in [6, 6.07) is 0. The summed E-state index contributed by atoms with van der Waals surface area (Å²) >= 11 is 0. The Kier molecular flexibility index (Phi) is 70.8. The first-order chi connectivity index (χ1) is 14.7. The van der Waals surface area contributed by atoms with Crippen molar-refractivity contribution >= 4 is 0 Å². The van der Waals surface area contributed by atoms with E-state index in [0.717, 1.165) is 38.9 Å². The molecular weight excluding hydrogens is 414 g/mol. The number of hydrogen-bond acceptors (Lipinski definition) is 3. The Morgan fingerprint density at radius 3 is 0.742 bits per heavy atom. The predicted molar refractivity (Wildman–Crippen MR) is 142 cm³/mol. The number of hydrogen-bond donors (Lipinski definition) is 3. The predicted octanol–water partition coefficient (Wildman–Crippen LogP) is 7.59. The molecule has 0 aliphatic carbocycles. The van der Waals surface area contributed by atoms with Crippen molar-refractivity contribution in [1.29, 1.82) is 0 Å². The molecule has 188 valence electrons. The van der Waals surface area contributed by atoms with E-state index >= 15 is 0 Å². The maximum atomic E-state index is 5.33. The average molecular weight is 476 g/mol. The molecule has 0 radical (unpaired) electrons. The zero-order valence-corrected chi connectivity index (χ0v) is 23.3. The SMILES string of the molecule is C[CH-]C.[CH2-]CCCCCCCN.[CH2-]CCCCCCCN.[CH2-]CCCCCCCN.[Ti+4]. The van der Waals surface area contributed by atoms with Crippen molar-refractivity contribution in [3.63, 3.8) is 0 Å². The molecule has 0 aromatic rings. The fourth-order valence-corrected chi connectivity index (χ4v) is 2.55. The van der Waals surface area contributed by atoms with Gasteiger partial charge in [-0.25, -0.2) is 0 Å². The fraction of sp³-hybridized carbons (Fsp3) is 0.852. The Morgan fingerprint density at radius 2 is 0.581 bits per heavy atom. The molecule has 0 rings (SSSR count). The molecule has 6 N–H and O–H groups in total. The summed E-state index contributed by atoms with van der Waals surface area (Å²) in [5, 5.41) is 0. The molecule has 0 aromatic heterocycles. The minimum absolute atomic E-state index is 0. The maximum absolute atomic E-state index is 5.33. The Morgan fingerprint density at radius 1 is 0.419 bits per heavy atom. The second-order valence-electron chi connectivity index (χ2n) is 7.81. The van der Waals surface area contributed by atoms with E-state index in [2.05, 4.69) is 20.8 Å². The van der Waals surface area contributed by atoms with Crippen molar-refractivity contribution in [3.8, 4) is 0 Å². The molecular formula is C27H61N3Ti. The standard InChI is InChI=1S/3C8H18N.C3H7.Ti/c3*1-2-3-4-5-6-7-8-9;1-3-2;/h3*1-9H2;3H,1-2H3;/q4*-1;+4. The third kappa shape index (κ3) is 72.4. The minimum Gasteiger partial charge on any atom is -0.343 e. The number of unbranched alkanes of at least 4 members (excludes halogenated alkanes) is 15. The van der Waals surface area contributed by atoms with E-state index in [4.69, 9.17) is 17.2 Å². The van der Waals surface area contributed by atoms with Crippen LogP contribution in [0.5, 0.6) is 0 Å². The molecule has 0 spiro atoms. The molecule has 0 unspecified atom stereocenters. The zero-order valence-electron chi connectivity index (χ0n) is 21.8. The van der Waals surface area contributed by atoms with Crippen LogP contribution in [0.3, 0.4) is 0 Å². The number of rotatable bonds is 18. The Bertz CT molecular complexity index is 165. The van der Waals surface area contributed by atoms with Crippen LogP contribution in [0.2, 0.25) is 0 Å². The normalized spacial score (nSPS) is 9.29. The van der Waals surface area contributed by atoms with E-state index in [1.54, 1.807) is 0 Å². The summed E-state index contributed by atoms with van der Waals surface area (Å²) in [5.74, 6) is 0. The average Bonchev–Trinajstić information content (AvgIpc) is 2.75. The molecule has 0 amide bonds. The Labute approximate surface area is 214 Å². The van der Waals surface area contributed by atoms with Crippen molar-refractivity contribution < 1.29 is 21.7 Å². The molecule has 0 heterocycles. The van der Waals surface area contributed by atoms with Gasteiger partial charge in [-0.1, -0.05) is 77.0 Å². The molecule has 4 heteroatoms. The van der Waals surface area contributed by atoms with Gasteiger partial charge in [-0.3, -0.25) is 0 Å². The molecule has 0 aromatic carbocycles. The van der Waals surface area contributed by atoms with Crippen LogP contribution < -0.4 is 17.2 Å². The summed E-state index contributed by atoms with van der Waals surface area (Å²) in [6.45, 7) is 17.9. The molecule has 0 fully saturated rings. The Balaban J connectivity index is -0.000000101. The second kappa shape index (κ2) is 52.5. The van der Waals surface area contributed by atoms with Crippen LogP contribution in [-0.2, 0) is 21.7 Å². The van der Waals surface area contributed by atoms with E-state index in [0.29, 0.717) is 0 Å². The third-order valence-electron chi connectivity index (χ3n) is 4.36. The molecule has 0 saturated carbocycles. The molecule has 31 heavy (non-hydrogen) atoms. The van der Waals surface area contributed by atoms with Gasteiger partial charge in [-0.15, -0.1) is 0 Å². The minimum atomic E-state index is 0. The summed E-state index contributed by atoms with van der Waals surface area (Å²) in [5.41, 5.74) is 16.0. The van der Waals surface area contributed by atoms with Gasteiger partial charge in [0.2, 0.25) is 0 Å². The Hall–Kier alpha value is 0.594. The van der Waals surface area contributed by atoms with Gasteiger partial charge >= 0.3 is 21.7 Å². The van der Waals surface area contributed by atoms with Crippen molar-refractivity contribution in [3.05, 3.63) is 27.2 Å². The van der Waals surface area contributed by atoms with Gasteiger partial charge in [0, 0.05) is 0 Å². The van der Waals surface area contributed by atoms with Crippen LogP contribution in [0.25, 0.3) is 0 Å². The summed E-state index contributed by atoms with van der Waals surface area (Å²) < 4.78 is 0. The molecule has 3 nitrogen and oxygen atoms in total. The van der Waals surface area contributed by atoms with Gasteiger partial charge in [-0.05, 0) is 38.9 Å². The molecule has 0 aliphatic rings. The zero-order chi connectivity index (χ0) is 23.6. The first-order valence-corrected chi connectivity index (χ1v) is 12.9. The maximum Gasteiger partial charge on any atom is 4.00 e. The van der Waals surface area contributed by atoms with Crippen LogP contribution in [0.1, 0.15) is 129 Å². The van der Waals surface area contributed by atoms with Crippen molar-refractivity contribution in [2.45, 2.75) is 129 Å². The van der Waals surface area contributed by atoms with Gasteiger partial charge in [0.15, 0.2) is 0 Å². The summed E-state index contributed by atoms with van der Waals surface area (Å²) in [7, 11) is 0. The van der Waals surface area contributed by atoms with E-state index in [-0.39, 0.29) is 21.7 Å². The molecule has 0 atom stereocenters. The van der Waals surface area contributed by atoms with Crippen molar-refractivity contribution in [2.75, 3.05) is 19.6 Å². The van der Waals surface area contributed by atoms with Gasteiger partial charge in [0.05, 0.1) is 0 Å². The van der Waals surface area contributed by atoms with Crippen LogP contribution >= 0.6 is 0 Å². The van der Waals surface area contributed by atoms with Gasteiger partial charge < -0.3 is 44.4 Å². The topological polar surface area (TPSA) is 78.1 Å². The van der Waals surface area contributed by atoms with Gasteiger partial charge in [0.1, 0.15) is 0 Å². The monoisotopic (exact) mass is 475 g/mol. The molecule has 0 bridgehead atoms. The van der Waals surface area contributed by atoms with Crippen LogP contribution in [0.4, 0.5) is 0 Å². The third-order valence-corrected chi connectivity index (χ3v) is 4.36. The van der Waals surface area contributed by atoms with Crippen molar-refractivity contribution in [2.24, 2.45) is 17.2 Å². The van der Waals surface area contributed by atoms with E-state index in [1.807, 2.05) is 20.3 Å². The fourth-order valence-electron chi connectivity index (χ4n) is 2.55. The van der Waals surface area contributed by atoms with Crippen molar-refractivity contribution in [1.82, 2.24) is 0 Å². The van der Waals surface area contributed by atoms with E-state index in [1.165, 1.54) is 96.3 Å². The molecule has 0 aliphatic heterocycles. The van der Waals surface area contributed by atoms with Crippen LogP contribution in [0, 0.1) is 27.2 Å².